The van der Waals surface area contributed by atoms with Gasteiger partial charge in [0.1, 0.15) is 24.8 Å². The Morgan fingerprint density at radius 2 is 1.79 bits per heavy atom. The van der Waals surface area contributed by atoms with Gasteiger partial charge in [0, 0.05) is 29.6 Å². The van der Waals surface area contributed by atoms with E-state index in [1.54, 1.807) is 7.11 Å². The molecule has 0 amide bonds. The van der Waals surface area contributed by atoms with Crippen LogP contribution in [-0.4, -0.2) is 46.7 Å². The summed E-state index contributed by atoms with van der Waals surface area (Å²) in [4.78, 5) is 16.3. The molecule has 4 heterocycles. The van der Waals surface area contributed by atoms with Crippen molar-refractivity contribution in [3.8, 4) is 17.2 Å². The van der Waals surface area contributed by atoms with Gasteiger partial charge in [-0.3, -0.25) is 4.90 Å². The van der Waals surface area contributed by atoms with Gasteiger partial charge in [0.2, 0.25) is 5.95 Å². The van der Waals surface area contributed by atoms with Crippen molar-refractivity contribution in [3.05, 3.63) is 59.0 Å². The number of nitrogens with one attached hydrogen (secondary N) is 1. The lowest BCUT2D eigenvalue weighted by Gasteiger charge is -2.26. The second kappa shape index (κ2) is 9.23. The summed E-state index contributed by atoms with van der Waals surface area (Å²) in [7, 11) is 1.70. The number of anilines is 2. The summed E-state index contributed by atoms with van der Waals surface area (Å²) in [5.74, 6) is 3.67. The van der Waals surface area contributed by atoms with Gasteiger partial charge in [-0.15, -0.1) is 0 Å². The van der Waals surface area contributed by atoms with E-state index in [2.05, 4.69) is 26.3 Å². The topological polar surface area (TPSA) is 81.6 Å². The first kappa shape index (κ1) is 21.5. The Morgan fingerprint density at radius 1 is 1.03 bits per heavy atom. The first-order chi connectivity index (χ1) is 16.1. The molecular weight excluding hydrogens is 418 g/mol. The number of benzene rings is 1. The molecule has 0 bridgehead atoms. The van der Waals surface area contributed by atoms with Crippen molar-refractivity contribution >= 4 is 11.8 Å². The van der Waals surface area contributed by atoms with E-state index >= 15 is 0 Å². The molecule has 1 saturated heterocycles. The number of methoxy groups -OCH3 is 1. The van der Waals surface area contributed by atoms with Crippen molar-refractivity contribution in [3.63, 3.8) is 0 Å². The van der Waals surface area contributed by atoms with Crippen molar-refractivity contribution in [2.45, 2.75) is 39.3 Å². The maximum absolute atomic E-state index is 5.80. The quantitative estimate of drug-likeness (QED) is 0.597. The summed E-state index contributed by atoms with van der Waals surface area (Å²) < 4.78 is 17.2. The van der Waals surface area contributed by atoms with Crippen molar-refractivity contribution in [1.82, 2.24) is 19.9 Å². The van der Waals surface area contributed by atoms with Gasteiger partial charge in [-0.25, -0.2) is 15.0 Å². The minimum atomic E-state index is 0.227. The minimum Gasteiger partial charge on any atom is -0.496 e. The van der Waals surface area contributed by atoms with Gasteiger partial charge < -0.3 is 19.5 Å². The standard InChI is InChI=1S/C25H29N5O3/c1-16-12-17(2)27-25(26-16)29-24-8-4-6-19(28-24)20-7-5-9-30(20)15-18-13-22-23(14-21(18)31-3)33-11-10-32-22/h4,6,8,12-14,20H,5,7,9-11,15H2,1-3H3,(H,26,27,28,29). The first-order valence-electron chi connectivity index (χ1n) is 11.4. The average molecular weight is 448 g/mol. The zero-order valence-corrected chi connectivity index (χ0v) is 19.3. The Labute approximate surface area is 193 Å². The predicted octanol–water partition coefficient (Wildman–Crippen LogP) is 4.35. The van der Waals surface area contributed by atoms with Crippen LogP contribution in [0.3, 0.4) is 0 Å². The molecule has 8 heteroatoms. The minimum absolute atomic E-state index is 0.227. The van der Waals surface area contributed by atoms with Gasteiger partial charge >= 0.3 is 0 Å². The van der Waals surface area contributed by atoms with Gasteiger partial charge in [-0.2, -0.15) is 0 Å². The number of nitrogens with zero attached hydrogens (tertiary/aromatic N) is 4. The van der Waals surface area contributed by atoms with E-state index in [1.165, 1.54) is 0 Å². The average Bonchev–Trinajstić information content (AvgIpc) is 3.26. The lowest BCUT2D eigenvalue weighted by Crippen LogP contribution is -2.24. The summed E-state index contributed by atoms with van der Waals surface area (Å²) in [6.07, 6.45) is 2.18. The molecule has 0 saturated carbocycles. The van der Waals surface area contributed by atoms with Gasteiger partial charge in [-0.05, 0) is 57.5 Å². The normalized spacial score (nSPS) is 17.7. The third kappa shape index (κ3) is 4.71. The van der Waals surface area contributed by atoms with Crippen LogP contribution in [0.4, 0.5) is 11.8 Å². The molecule has 1 fully saturated rings. The van der Waals surface area contributed by atoms with Crippen LogP contribution in [0, 0.1) is 13.8 Å². The highest BCUT2D eigenvalue weighted by molar-refractivity contribution is 5.51. The molecule has 0 spiro atoms. The van der Waals surface area contributed by atoms with E-state index in [0.29, 0.717) is 19.2 Å². The molecule has 2 aliphatic heterocycles. The fourth-order valence-electron chi connectivity index (χ4n) is 4.60. The second-order valence-corrected chi connectivity index (χ2v) is 8.48. The number of pyridine rings is 1. The van der Waals surface area contributed by atoms with E-state index in [0.717, 1.165) is 71.6 Å². The number of aryl methyl sites for hydroxylation is 2. The van der Waals surface area contributed by atoms with E-state index in [1.807, 2.05) is 44.2 Å². The number of aromatic nitrogens is 3. The molecule has 0 radical (unpaired) electrons. The van der Waals surface area contributed by atoms with E-state index in [4.69, 9.17) is 19.2 Å². The second-order valence-electron chi connectivity index (χ2n) is 8.48. The van der Waals surface area contributed by atoms with Crippen LogP contribution in [0.1, 0.15) is 41.5 Å². The molecular formula is C25H29N5O3. The van der Waals surface area contributed by atoms with Crippen molar-refractivity contribution in [1.29, 1.82) is 0 Å². The van der Waals surface area contributed by atoms with Crippen LogP contribution in [-0.2, 0) is 6.54 Å². The molecule has 1 N–H and O–H groups in total. The summed E-state index contributed by atoms with van der Waals surface area (Å²) in [6.45, 7) is 6.82. The fraction of sp³-hybridized carbons (Fsp3) is 0.400. The number of fused-ring (bicyclic) bond motifs is 1. The van der Waals surface area contributed by atoms with Crippen molar-refractivity contribution in [2.75, 3.05) is 32.2 Å². The highest BCUT2D eigenvalue weighted by atomic mass is 16.6. The summed E-state index contributed by atoms with van der Waals surface area (Å²) in [5.41, 5.74) is 3.98. The van der Waals surface area contributed by atoms with Gasteiger partial charge in [0.05, 0.1) is 18.8 Å². The first-order valence-corrected chi connectivity index (χ1v) is 11.4. The molecule has 2 aliphatic rings. The Kier molecular flexibility index (Phi) is 6.00. The zero-order chi connectivity index (χ0) is 22.8. The smallest absolute Gasteiger partial charge is 0.228 e. The molecule has 1 aromatic carbocycles. The van der Waals surface area contributed by atoms with E-state index < -0.39 is 0 Å². The van der Waals surface area contributed by atoms with E-state index in [9.17, 15) is 0 Å². The molecule has 0 aliphatic carbocycles. The van der Waals surface area contributed by atoms with Crippen LogP contribution in [0.2, 0.25) is 0 Å². The summed E-state index contributed by atoms with van der Waals surface area (Å²) >= 11 is 0. The maximum atomic E-state index is 5.80. The Bertz CT molecular complexity index is 1130. The van der Waals surface area contributed by atoms with Crippen LogP contribution in [0.25, 0.3) is 0 Å². The Morgan fingerprint density at radius 3 is 2.55 bits per heavy atom. The van der Waals surface area contributed by atoms with E-state index in [-0.39, 0.29) is 6.04 Å². The van der Waals surface area contributed by atoms with Crippen molar-refractivity contribution < 1.29 is 14.2 Å². The summed E-state index contributed by atoms with van der Waals surface area (Å²) in [5, 5.41) is 3.26. The molecule has 1 unspecified atom stereocenters. The molecule has 5 rings (SSSR count). The number of ether oxygens (including phenoxy) is 3. The molecule has 2 aromatic heterocycles. The van der Waals surface area contributed by atoms with Gasteiger partial charge in [0.15, 0.2) is 11.5 Å². The lowest BCUT2D eigenvalue weighted by molar-refractivity contribution is 0.169. The molecule has 33 heavy (non-hydrogen) atoms. The molecule has 172 valence electrons. The highest BCUT2D eigenvalue weighted by Crippen LogP contribution is 2.39. The third-order valence-corrected chi connectivity index (χ3v) is 6.02. The van der Waals surface area contributed by atoms with Crippen LogP contribution in [0.15, 0.2) is 36.4 Å². The Balaban J connectivity index is 1.36. The van der Waals surface area contributed by atoms with Crippen molar-refractivity contribution in [2.24, 2.45) is 0 Å². The Hall–Kier alpha value is -3.39. The summed E-state index contributed by atoms with van der Waals surface area (Å²) in [6, 6.07) is 12.2. The van der Waals surface area contributed by atoms with Crippen LogP contribution < -0.4 is 19.5 Å². The monoisotopic (exact) mass is 447 g/mol. The predicted molar refractivity (Wildman–Crippen MR) is 125 cm³/mol. The third-order valence-electron chi connectivity index (χ3n) is 6.02. The SMILES string of the molecule is COc1cc2c(cc1CN1CCCC1c1cccc(Nc3nc(C)cc(C)n3)n1)OCCO2. The lowest BCUT2D eigenvalue weighted by atomic mass is 10.1. The number of hydrogen-bond donors (Lipinski definition) is 1. The van der Waals surface area contributed by atoms with Crippen LogP contribution >= 0.6 is 0 Å². The molecule has 1 atom stereocenters. The van der Waals surface area contributed by atoms with Gasteiger partial charge in [0.25, 0.3) is 0 Å². The highest BCUT2D eigenvalue weighted by Gasteiger charge is 2.29. The fourth-order valence-corrected chi connectivity index (χ4v) is 4.60. The number of likely N-dealkylation sites (tertiary alicyclic amines) is 1. The van der Waals surface area contributed by atoms with Gasteiger partial charge in [-0.1, -0.05) is 6.07 Å². The number of rotatable bonds is 6. The largest absolute Gasteiger partial charge is 0.496 e. The molecule has 8 nitrogen and oxygen atoms in total. The zero-order valence-electron chi connectivity index (χ0n) is 19.3. The number of hydrogen-bond acceptors (Lipinski definition) is 8. The van der Waals surface area contributed by atoms with Crippen LogP contribution in [0.5, 0.6) is 17.2 Å². The molecule has 3 aromatic rings. The maximum Gasteiger partial charge on any atom is 0.228 e.